The van der Waals surface area contributed by atoms with Crippen molar-refractivity contribution in [2.45, 2.75) is 37.5 Å². The highest BCUT2D eigenvalue weighted by Crippen LogP contribution is 2.27. The maximum absolute atomic E-state index is 12.1. The molecule has 0 aliphatic heterocycles. The Balaban J connectivity index is 1.86. The molecule has 25 heavy (non-hydrogen) atoms. The van der Waals surface area contributed by atoms with E-state index in [1.807, 2.05) is 12.1 Å². The second-order valence-corrected chi connectivity index (χ2v) is 8.34. The van der Waals surface area contributed by atoms with Crippen LogP contribution in [0.1, 0.15) is 32.8 Å². The highest BCUT2D eigenvalue weighted by Gasteiger charge is 2.17. The summed E-state index contributed by atoms with van der Waals surface area (Å²) in [6, 6.07) is 14.0. The van der Waals surface area contributed by atoms with Gasteiger partial charge in [0, 0.05) is 12.2 Å². The van der Waals surface area contributed by atoms with E-state index in [0.717, 1.165) is 12.2 Å². The minimum absolute atomic E-state index is 0.132. The topological polar surface area (TPSA) is 81.4 Å². The average molecular weight is 362 g/mol. The van der Waals surface area contributed by atoms with E-state index in [4.69, 9.17) is 10.5 Å². The van der Waals surface area contributed by atoms with Crippen molar-refractivity contribution in [3.05, 3.63) is 54.1 Å². The first-order valence-electron chi connectivity index (χ1n) is 8.33. The third-order valence-electron chi connectivity index (χ3n) is 4.37. The molecule has 0 saturated heterocycles. The lowest BCUT2D eigenvalue weighted by Gasteiger charge is -2.23. The summed E-state index contributed by atoms with van der Waals surface area (Å²) in [6.07, 6.45) is 1.06. The number of nitrogen functional groups attached to an aromatic ring is 1. The first kappa shape index (κ1) is 19.3. The fraction of sp³-hybridized carbons (Fsp3) is 0.368. The van der Waals surface area contributed by atoms with Crippen LogP contribution in [0.15, 0.2) is 53.4 Å². The van der Waals surface area contributed by atoms with E-state index in [2.05, 4.69) is 37.6 Å². The predicted molar refractivity (Wildman–Crippen MR) is 101 cm³/mol. The molecule has 0 heterocycles. The van der Waals surface area contributed by atoms with Crippen molar-refractivity contribution in [3.8, 4) is 5.75 Å². The van der Waals surface area contributed by atoms with Gasteiger partial charge in [0.1, 0.15) is 12.4 Å². The lowest BCUT2D eigenvalue weighted by molar-refractivity contribution is 0.322. The SMILES string of the molecule is CCC(C)(C)c1ccc(OCCNS(=O)(=O)c2ccc(N)cc2)cc1. The van der Waals surface area contributed by atoms with Crippen molar-refractivity contribution in [2.24, 2.45) is 0 Å². The summed E-state index contributed by atoms with van der Waals surface area (Å²) < 4.78 is 32.4. The molecule has 3 N–H and O–H groups in total. The molecule has 2 aromatic rings. The zero-order valence-electron chi connectivity index (χ0n) is 15.0. The Morgan fingerprint density at radius 1 is 1.04 bits per heavy atom. The zero-order chi connectivity index (χ0) is 18.5. The number of anilines is 1. The Labute approximate surface area is 150 Å². The number of benzene rings is 2. The van der Waals surface area contributed by atoms with E-state index >= 15 is 0 Å². The van der Waals surface area contributed by atoms with E-state index in [1.54, 1.807) is 12.1 Å². The number of sulfonamides is 1. The maximum atomic E-state index is 12.1. The molecule has 0 saturated carbocycles. The molecule has 0 aromatic heterocycles. The van der Waals surface area contributed by atoms with E-state index < -0.39 is 10.0 Å². The summed E-state index contributed by atoms with van der Waals surface area (Å²) in [7, 11) is -3.55. The molecular weight excluding hydrogens is 336 g/mol. The van der Waals surface area contributed by atoms with E-state index in [1.165, 1.54) is 17.7 Å². The average Bonchev–Trinajstić information content (AvgIpc) is 2.59. The Morgan fingerprint density at radius 2 is 1.64 bits per heavy atom. The van der Waals surface area contributed by atoms with Gasteiger partial charge in [0.25, 0.3) is 0 Å². The molecule has 0 bridgehead atoms. The molecule has 2 rings (SSSR count). The lowest BCUT2D eigenvalue weighted by atomic mass is 9.82. The van der Waals surface area contributed by atoms with Crippen molar-refractivity contribution in [3.63, 3.8) is 0 Å². The first-order valence-corrected chi connectivity index (χ1v) is 9.81. The van der Waals surface area contributed by atoms with Crippen LogP contribution >= 0.6 is 0 Å². The molecule has 6 heteroatoms. The molecular formula is C19H26N2O3S. The maximum Gasteiger partial charge on any atom is 0.240 e. The molecule has 5 nitrogen and oxygen atoms in total. The number of hydrogen-bond donors (Lipinski definition) is 2. The van der Waals surface area contributed by atoms with Gasteiger partial charge in [0.05, 0.1) is 4.90 Å². The van der Waals surface area contributed by atoms with Crippen LogP contribution in [0.3, 0.4) is 0 Å². The molecule has 0 atom stereocenters. The van der Waals surface area contributed by atoms with Crippen LogP contribution in [0, 0.1) is 0 Å². The third-order valence-corrected chi connectivity index (χ3v) is 5.85. The van der Waals surface area contributed by atoms with Crippen molar-refractivity contribution >= 4 is 15.7 Å². The van der Waals surface area contributed by atoms with Crippen LogP contribution in [-0.4, -0.2) is 21.6 Å². The third kappa shape index (κ3) is 5.21. The molecule has 0 spiro atoms. The van der Waals surface area contributed by atoms with Crippen molar-refractivity contribution < 1.29 is 13.2 Å². The summed E-state index contributed by atoms with van der Waals surface area (Å²) in [5, 5.41) is 0. The van der Waals surface area contributed by atoms with E-state index in [0.29, 0.717) is 5.69 Å². The fourth-order valence-electron chi connectivity index (χ4n) is 2.28. The second-order valence-electron chi connectivity index (χ2n) is 6.58. The number of nitrogens with two attached hydrogens (primary N) is 1. The van der Waals surface area contributed by atoms with Gasteiger partial charge in [-0.05, 0) is 53.8 Å². The number of ether oxygens (including phenoxy) is 1. The van der Waals surface area contributed by atoms with E-state index in [-0.39, 0.29) is 23.5 Å². The van der Waals surface area contributed by atoms with Crippen LogP contribution < -0.4 is 15.2 Å². The predicted octanol–water partition coefficient (Wildman–Crippen LogP) is 3.31. The lowest BCUT2D eigenvalue weighted by Crippen LogP contribution is -2.28. The van der Waals surface area contributed by atoms with Crippen LogP contribution in [-0.2, 0) is 15.4 Å². The molecule has 0 unspecified atom stereocenters. The standard InChI is InChI=1S/C19H26N2O3S/c1-4-19(2,3)15-5-9-17(10-6-15)24-14-13-21-25(22,23)18-11-7-16(20)8-12-18/h5-12,21H,4,13-14,20H2,1-3H3. The first-order chi connectivity index (χ1) is 11.7. The molecule has 136 valence electrons. The van der Waals surface area contributed by atoms with Crippen LogP contribution in [0.2, 0.25) is 0 Å². The molecule has 0 aliphatic carbocycles. The summed E-state index contributed by atoms with van der Waals surface area (Å²) in [6.45, 7) is 7.01. The van der Waals surface area contributed by atoms with Gasteiger partial charge in [-0.3, -0.25) is 0 Å². The van der Waals surface area contributed by atoms with Crippen LogP contribution in [0.25, 0.3) is 0 Å². The number of rotatable bonds is 8. The molecule has 0 radical (unpaired) electrons. The van der Waals surface area contributed by atoms with E-state index in [9.17, 15) is 8.42 Å². The Kier molecular flexibility index (Phi) is 6.08. The molecule has 0 fully saturated rings. The van der Waals surface area contributed by atoms with Gasteiger partial charge in [-0.2, -0.15) is 0 Å². The van der Waals surface area contributed by atoms with Crippen LogP contribution in [0.4, 0.5) is 5.69 Å². The quantitative estimate of drug-likeness (QED) is 0.557. The molecule has 2 aromatic carbocycles. The van der Waals surface area contributed by atoms with Crippen LogP contribution in [0.5, 0.6) is 5.75 Å². The Hall–Kier alpha value is -2.05. The normalized spacial score (nSPS) is 12.1. The largest absolute Gasteiger partial charge is 0.492 e. The van der Waals surface area contributed by atoms with Gasteiger partial charge < -0.3 is 10.5 Å². The summed E-state index contributed by atoms with van der Waals surface area (Å²) in [4.78, 5) is 0.188. The fourth-order valence-corrected chi connectivity index (χ4v) is 3.29. The smallest absolute Gasteiger partial charge is 0.240 e. The monoisotopic (exact) mass is 362 g/mol. The van der Waals surface area contributed by atoms with Crippen molar-refractivity contribution in [2.75, 3.05) is 18.9 Å². The Bertz CT molecular complexity index is 782. The van der Waals surface area contributed by atoms with Gasteiger partial charge in [0.2, 0.25) is 10.0 Å². The van der Waals surface area contributed by atoms with Gasteiger partial charge in [-0.1, -0.05) is 32.9 Å². The zero-order valence-corrected chi connectivity index (χ0v) is 15.8. The minimum Gasteiger partial charge on any atom is -0.492 e. The van der Waals surface area contributed by atoms with Gasteiger partial charge in [-0.25, -0.2) is 13.1 Å². The second kappa shape index (κ2) is 7.89. The summed E-state index contributed by atoms with van der Waals surface area (Å²) >= 11 is 0. The number of hydrogen-bond acceptors (Lipinski definition) is 4. The highest BCUT2D eigenvalue weighted by atomic mass is 32.2. The van der Waals surface area contributed by atoms with Gasteiger partial charge >= 0.3 is 0 Å². The summed E-state index contributed by atoms with van der Waals surface area (Å²) in [5.74, 6) is 0.724. The Morgan fingerprint density at radius 3 is 2.20 bits per heavy atom. The molecule has 0 aliphatic rings. The summed E-state index contributed by atoms with van der Waals surface area (Å²) in [5.41, 5.74) is 7.48. The van der Waals surface area contributed by atoms with Crippen molar-refractivity contribution in [1.82, 2.24) is 4.72 Å². The van der Waals surface area contributed by atoms with Gasteiger partial charge in [0.15, 0.2) is 0 Å². The van der Waals surface area contributed by atoms with Crippen molar-refractivity contribution in [1.29, 1.82) is 0 Å². The molecule has 0 amide bonds. The van der Waals surface area contributed by atoms with Gasteiger partial charge in [-0.15, -0.1) is 0 Å². The highest BCUT2D eigenvalue weighted by molar-refractivity contribution is 7.89. The number of nitrogens with one attached hydrogen (secondary N) is 1. The minimum atomic E-state index is -3.55.